The van der Waals surface area contributed by atoms with Gasteiger partial charge >= 0.3 is 0 Å². The first-order valence-corrected chi connectivity index (χ1v) is 13.4. The van der Waals surface area contributed by atoms with Crippen molar-refractivity contribution in [2.45, 2.75) is 77.7 Å². The molecule has 1 N–H and O–H groups in total. The number of nitriles is 1. The first-order valence-electron chi connectivity index (χ1n) is 12.5. The second-order valence-electron chi connectivity index (χ2n) is 11.8. The van der Waals surface area contributed by atoms with E-state index < -0.39 is 0 Å². The first kappa shape index (κ1) is 25.4. The molecule has 0 spiro atoms. The molecule has 0 atom stereocenters. The highest BCUT2D eigenvalue weighted by Crippen LogP contribution is 2.42. The SMILES string of the molecule is CC(C)(C)c1cc(-c2csc(C3CCN(Cc4ccccc4C#N)CC3)n2)cc(C(C)(C)C)c1O. The molecule has 0 radical (unpaired) electrons. The van der Waals surface area contributed by atoms with E-state index in [-0.39, 0.29) is 10.8 Å². The lowest BCUT2D eigenvalue weighted by atomic mass is 9.78. The van der Waals surface area contributed by atoms with Crippen molar-refractivity contribution in [3.63, 3.8) is 0 Å². The molecule has 0 amide bonds. The van der Waals surface area contributed by atoms with Gasteiger partial charge < -0.3 is 5.11 Å². The lowest BCUT2D eigenvalue weighted by Gasteiger charge is -2.31. The Hall–Kier alpha value is -2.68. The standard InChI is InChI=1S/C30H37N3OS/c1-29(2,3)24-15-23(16-25(27(24)34)30(4,5)6)26-19-35-28(32-26)20-11-13-33(14-12-20)18-22-10-8-7-9-21(22)17-31/h7-10,15-16,19-20,34H,11-14,18H2,1-6H3. The number of hydrogen-bond donors (Lipinski definition) is 1. The summed E-state index contributed by atoms with van der Waals surface area (Å²) in [7, 11) is 0. The Morgan fingerprint density at radius 1 is 1.03 bits per heavy atom. The van der Waals surface area contributed by atoms with Gasteiger partial charge in [-0.2, -0.15) is 5.26 Å². The Labute approximate surface area is 214 Å². The van der Waals surface area contributed by atoms with Gasteiger partial charge in [0.15, 0.2) is 0 Å². The zero-order valence-corrected chi connectivity index (χ0v) is 22.7. The predicted octanol–water partition coefficient (Wildman–Crippen LogP) is 7.36. The van der Waals surface area contributed by atoms with Gasteiger partial charge in [0.1, 0.15) is 5.75 Å². The van der Waals surface area contributed by atoms with Crippen molar-refractivity contribution in [1.29, 1.82) is 5.26 Å². The fraction of sp³-hybridized carbons (Fsp3) is 0.467. The highest BCUT2D eigenvalue weighted by molar-refractivity contribution is 7.10. The summed E-state index contributed by atoms with van der Waals surface area (Å²) < 4.78 is 0. The average Bonchev–Trinajstić information content (AvgIpc) is 3.29. The third-order valence-electron chi connectivity index (χ3n) is 7.01. The summed E-state index contributed by atoms with van der Waals surface area (Å²) >= 11 is 1.76. The van der Waals surface area contributed by atoms with Crippen molar-refractivity contribution in [3.05, 3.63) is 69.0 Å². The molecule has 4 rings (SSSR count). The zero-order chi connectivity index (χ0) is 25.4. The van der Waals surface area contributed by atoms with Gasteiger partial charge in [-0.3, -0.25) is 4.90 Å². The van der Waals surface area contributed by atoms with Crippen molar-refractivity contribution in [1.82, 2.24) is 9.88 Å². The first-order chi connectivity index (χ1) is 16.5. The highest BCUT2D eigenvalue weighted by atomic mass is 32.1. The van der Waals surface area contributed by atoms with Gasteiger partial charge in [-0.25, -0.2) is 4.98 Å². The Morgan fingerprint density at radius 2 is 1.63 bits per heavy atom. The second-order valence-corrected chi connectivity index (χ2v) is 12.7. The molecule has 1 saturated heterocycles. The molecule has 5 heteroatoms. The normalized spacial score (nSPS) is 15.8. The minimum atomic E-state index is -0.157. The Bertz CT molecular complexity index is 1200. The minimum Gasteiger partial charge on any atom is -0.507 e. The smallest absolute Gasteiger partial charge is 0.123 e. The van der Waals surface area contributed by atoms with E-state index >= 15 is 0 Å². The molecule has 2 aromatic carbocycles. The van der Waals surface area contributed by atoms with Crippen LogP contribution in [0.5, 0.6) is 5.75 Å². The average molecular weight is 488 g/mol. The molecular weight excluding hydrogens is 450 g/mol. The third kappa shape index (κ3) is 5.60. The van der Waals surface area contributed by atoms with Crippen LogP contribution in [0.15, 0.2) is 41.8 Å². The number of rotatable bonds is 4. The predicted molar refractivity (Wildman–Crippen MR) is 145 cm³/mol. The molecule has 184 valence electrons. The minimum absolute atomic E-state index is 0.157. The summed E-state index contributed by atoms with van der Waals surface area (Å²) in [5.74, 6) is 0.882. The topological polar surface area (TPSA) is 60.2 Å². The van der Waals surface area contributed by atoms with E-state index in [2.05, 4.69) is 76.1 Å². The number of piperidine rings is 1. The molecule has 0 aliphatic carbocycles. The van der Waals surface area contributed by atoms with Crippen LogP contribution in [-0.2, 0) is 17.4 Å². The van der Waals surface area contributed by atoms with Gasteiger partial charge in [0.05, 0.1) is 22.3 Å². The van der Waals surface area contributed by atoms with Crippen LogP contribution in [0.25, 0.3) is 11.3 Å². The van der Waals surface area contributed by atoms with Crippen molar-refractivity contribution in [2.75, 3.05) is 13.1 Å². The van der Waals surface area contributed by atoms with Crippen molar-refractivity contribution >= 4 is 11.3 Å². The Morgan fingerprint density at radius 3 is 2.20 bits per heavy atom. The third-order valence-corrected chi connectivity index (χ3v) is 8.02. The summed E-state index contributed by atoms with van der Waals surface area (Å²) in [6.45, 7) is 15.7. The number of aromatic nitrogens is 1. The number of aromatic hydroxyl groups is 1. The summed E-state index contributed by atoms with van der Waals surface area (Å²) in [5.41, 5.74) is 5.61. The maximum atomic E-state index is 11.1. The molecule has 0 unspecified atom stereocenters. The number of hydrogen-bond acceptors (Lipinski definition) is 5. The van der Waals surface area contributed by atoms with E-state index in [4.69, 9.17) is 4.98 Å². The second kappa shape index (κ2) is 9.76. The molecule has 1 aromatic heterocycles. The lowest BCUT2D eigenvalue weighted by Crippen LogP contribution is -2.32. The lowest BCUT2D eigenvalue weighted by molar-refractivity contribution is 0.204. The highest BCUT2D eigenvalue weighted by Gasteiger charge is 2.28. The van der Waals surface area contributed by atoms with E-state index in [1.54, 1.807) is 11.3 Å². The van der Waals surface area contributed by atoms with Gasteiger partial charge in [0.25, 0.3) is 0 Å². The van der Waals surface area contributed by atoms with Gasteiger partial charge in [-0.1, -0.05) is 59.7 Å². The van der Waals surface area contributed by atoms with Crippen molar-refractivity contribution < 1.29 is 5.11 Å². The molecule has 35 heavy (non-hydrogen) atoms. The van der Waals surface area contributed by atoms with Gasteiger partial charge in [-0.15, -0.1) is 11.3 Å². The zero-order valence-electron chi connectivity index (χ0n) is 21.9. The van der Waals surface area contributed by atoms with Crippen LogP contribution < -0.4 is 0 Å². The van der Waals surface area contributed by atoms with Crippen LogP contribution in [0.3, 0.4) is 0 Å². The van der Waals surface area contributed by atoms with E-state index in [1.807, 2.05) is 18.2 Å². The Kier molecular flexibility index (Phi) is 7.09. The van der Waals surface area contributed by atoms with Crippen molar-refractivity contribution in [2.24, 2.45) is 0 Å². The molecule has 0 saturated carbocycles. The molecule has 2 heterocycles. The molecule has 0 bridgehead atoms. The van der Waals surface area contributed by atoms with Gasteiger partial charge in [0.2, 0.25) is 0 Å². The van der Waals surface area contributed by atoms with E-state index in [0.29, 0.717) is 11.7 Å². The van der Waals surface area contributed by atoms with Crippen LogP contribution in [0, 0.1) is 11.3 Å². The molecule has 4 nitrogen and oxygen atoms in total. The monoisotopic (exact) mass is 487 g/mol. The van der Waals surface area contributed by atoms with Crippen LogP contribution in [-0.4, -0.2) is 28.1 Å². The van der Waals surface area contributed by atoms with E-state index in [0.717, 1.165) is 66.0 Å². The molecule has 1 fully saturated rings. The van der Waals surface area contributed by atoms with Crippen LogP contribution in [0.2, 0.25) is 0 Å². The number of likely N-dealkylation sites (tertiary alicyclic amines) is 1. The van der Waals surface area contributed by atoms with Crippen LogP contribution in [0.4, 0.5) is 0 Å². The molecule has 1 aliphatic rings. The maximum Gasteiger partial charge on any atom is 0.123 e. The Balaban J connectivity index is 1.52. The molecule has 1 aliphatic heterocycles. The molecular formula is C30H37N3OS. The van der Waals surface area contributed by atoms with E-state index in [9.17, 15) is 10.4 Å². The quantitative estimate of drug-likeness (QED) is 0.417. The fourth-order valence-corrected chi connectivity index (χ4v) is 5.88. The van der Waals surface area contributed by atoms with Gasteiger partial charge in [-0.05, 0) is 60.5 Å². The summed E-state index contributed by atoms with van der Waals surface area (Å²) in [5, 5.41) is 23.8. The number of thiazole rings is 1. The number of nitrogens with zero attached hydrogens (tertiary/aromatic N) is 3. The maximum absolute atomic E-state index is 11.1. The number of benzene rings is 2. The van der Waals surface area contributed by atoms with Gasteiger partial charge in [0, 0.05) is 34.5 Å². The summed E-state index contributed by atoms with van der Waals surface area (Å²) in [6, 6.07) is 14.5. The summed E-state index contributed by atoms with van der Waals surface area (Å²) in [4.78, 5) is 7.54. The summed E-state index contributed by atoms with van der Waals surface area (Å²) in [6.07, 6.45) is 2.16. The van der Waals surface area contributed by atoms with Crippen LogP contribution in [0.1, 0.15) is 87.6 Å². The van der Waals surface area contributed by atoms with Crippen molar-refractivity contribution in [3.8, 4) is 23.1 Å². The number of phenols is 1. The van der Waals surface area contributed by atoms with Crippen LogP contribution >= 0.6 is 11.3 Å². The van der Waals surface area contributed by atoms with E-state index in [1.165, 1.54) is 5.01 Å². The fourth-order valence-electron chi connectivity index (χ4n) is 4.88. The number of phenolic OH excluding ortho intramolecular Hbond substituents is 1. The molecule has 3 aromatic rings. The largest absolute Gasteiger partial charge is 0.507 e.